The highest BCUT2D eigenvalue weighted by Crippen LogP contribution is 2.47. The van der Waals surface area contributed by atoms with Gasteiger partial charge in [-0.25, -0.2) is 0 Å². The van der Waals surface area contributed by atoms with Gasteiger partial charge in [-0.3, -0.25) is 9.59 Å². The van der Waals surface area contributed by atoms with Crippen molar-refractivity contribution in [2.75, 3.05) is 45.0 Å². The minimum absolute atomic E-state index is 0.0450. The van der Waals surface area contributed by atoms with Crippen LogP contribution < -0.4 is 0 Å². The molecule has 0 aromatic rings. The molecule has 2 unspecified atom stereocenters. The van der Waals surface area contributed by atoms with Crippen LogP contribution in [0.3, 0.4) is 0 Å². The Bertz CT molecular complexity index is 674. The summed E-state index contributed by atoms with van der Waals surface area (Å²) in [6, 6.07) is -0.411. The van der Waals surface area contributed by atoms with Crippen LogP contribution >= 0.6 is 11.8 Å². The summed E-state index contributed by atoms with van der Waals surface area (Å²) < 4.78 is 28.1. The summed E-state index contributed by atoms with van der Waals surface area (Å²) in [5.41, 5.74) is 0. The van der Waals surface area contributed by atoms with E-state index in [1.54, 1.807) is 21.6 Å². The van der Waals surface area contributed by atoms with Crippen LogP contribution in [0.4, 0.5) is 0 Å². The van der Waals surface area contributed by atoms with Crippen molar-refractivity contribution in [2.45, 2.75) is 44.5 Å². The van der Waals surface area contributed by atoms with Gasteiger partial charge in [-0.15, -0.1) is 11.8 Å². The third kappa shape index (κ3) is 3.25. The molecule has 8 nitrogen and oxygen atoms in total. The fraction of sp³-hybridized carbons (Fsp3) is 0.875. The highest BCUT2D eigenvalue weighted by Gasteiger charge is 2.53. The average molecular weight is 405 g/mol. The second-order valence-electron chi connectivity index (χ2n) is 7.08. The lowest BCUT2D eigenvalue weighted by Crippen LogP contribution is -2.58. The maximum Gasteiger partial charge on any atom is 0.282 e. The number of carbonyl (C=O) groups is 2. The number of hydrogen-bond acceptors (Lipinski definition) is 5. The molecule has 0 saturated carbocycles. The van der Waals surface area contributed by atoms with Crippen molar-refractivity contribution < 1.29 is 18.0 Å². The van der Waals surface area contributed by atoms with Crippen LogP contribution in [0.2, 0.25) is 0 Å². The Morgan fingerprint density at radius 3 is 2.42 bits per heavy atom. The molecule has 0 spiro atoms. The standard InChI is InChI=1S/C16H28N4O4S2/c1-4-18(5-2)26(23,24)19-10-8-17(9-11-19)15(22)13-12-25-16(3)7-6-14(21)20(13)16/h13H,4-12H2,1-3H3. The fourth-order valence-corrected chi connectivity index (χ4v) is 7.09. The number of nitrogens with zero attached hydrogens (tertiary/aromatic N) is 4. The molecule has 0 N–H and O–H groups in total. The molecule has 3 aliphatic heterocycles. The Labute approximate surface area is 160 Å². The number of hydrogen-bond donors (Lipinski definition) is 0. The van der Waals surface area contributed by atoms with Gasteiger partial charge in [-0.1, -0.05) is 13.8 Å². The minimum atomic E-state index is -3.47. The highest BCUT2D eigenvalue weighted by atomic mass is 32.2. The fourth-order valence-electron chi connectivity index (χ4n) is 4.07. The molecule has 26 heavy (non-hydrogen) atoms. The van der Waals surface area contributed by atoms with E-state index in [9.17, 15) is 18.0 Å². The van der Waals surface area contributed by atoms with Crippen molar-refractivity contribution in [3.63, 3.8) is 0 Å². The molecular weight excluding hydrogens is 376 g/mol. The van der Waals surface area contributed by atoms with Crippen LogP contribution in [0, 0.1) is 0 Å². The Morgan fingerprint density at radius 1 is 1.23 bits per heavy atom. The molecule has 0 aliphatic carbocycles. The Hall–Kier alpha value is -0.840. The molecular formula is C16H28N4O4S2. The number of rotatable bonds is 5. The predicted molar refractivity (Wildman–Crippen MR) is 101 cm³/mol. The van der Waals surface area contributed by atoms with E-state index in [1.165, 1.54) is 8.61 Å². The largest absolute Gasteiger partial charge is 0.338 e. The van der Waals surface area contributed by atoms with E-state index in [4.69, 9.17) is 0 Å². The van der Waals surface area contributed by atoms with Gasteiger partial charge in [0.15, 0.2) is 0 Å². The molecule has 3 rings (SSSR count). The van der Waals surface area contributed by atoms with Crippen LogP contribution in [0.25, 0.3) is 0 Å². The van der Waals surface area contributed by atoms with Crippen molar-refractivity contribution in [3.8, 4) is 0 Å². The first kappa shape index (κ1) is 19.9. The molecule has 2 amide bonds. The van der Waals surface area contributed by atoms with Crippen LogP contribution in [0.1, 0.15) is 33.6 Å². The summed E-state index contributed by atoms with van der Waals surface area (Å²) in [5.74, 6) is 0.633. The molecule has 10 heteroatoms. The zero-order valence-electron chi connectivity index (χ0n) is 15.7. The van der Waals surface area contributed by atoms with Gasteiger partial charge in [0.2, 0.25) is 11.8 Å². The van der Waals surface area contributed by atoms with Crippen molar-refractivity contribution in [2.24, 2.45) is 0 Å². The number of carbonyl (C=O) groups excluding carboxylic acids is 2. The zero-order valence-corrected chi connectivity index (χ0v) is 17.3. The number of thioether (sulfide) groups is 1. The second kappa shape index (κ2) is 7.29. The van der Waals surface area contributed by atoms with Crippen molar-refractivity contribution >= 4 is 33.8 Å². The average Bonchev–Trinajstić information content (AvgIpc) is 3.11. The predicted octanol–water partition coefficient (Wildman–Crippen LogP) is 0.171. The lowest BCUT2D eigenvalue weighted by Gasteiger charge is -2.38. The molecule has 148 valence electrons. The number of fused-ring (bicyclic) bond motifs is 1. The van der Waals surface area contributed by atoms with E-state index in [-0.39, 0.29) is 16.7 Å². The van der Waals surface area contributed by atoms with Gasteiger partial charge in [0.05, 0.1) is 4.87 Å². The van der Waals surface area contributed by atoms with Crippen LogP contribution in [0.15, 0.2) is 0 Å². The lowest BCUT2D eigenvalue weighted by molar-refractivity contribution is -0.144. The van der Waals surface area contributed by atoms with Gasteiger partial charge >= 0.3 is 0 Å². The van der Waals surface area contributed by atoms with E-state index >= 15 is 0 Å². The smallest absolute Gasteiger partial charge is 0.282 e. The first-order chi connectivity index (χ1) is 12.2. The molecule has 0 aromatic heterocycles. The van der Waals surface area contributed by atoms with E-state index in [1.807, 2.05) is 20.8 Å². The minimum Gasteiger partial charge on any atom is -0.338 e. The maximum atomic E-state index is 13.0. The van der Waals surface area contributed by atoms with Crippen molar-refractivity contribution in [1.29, 1.82) is 0 Å². The molecule has 2 atom stereocenters. The van der Waals surface area contributed by atoms with Crippen molar-refractivity contribution in [3.05, 3.63) is 0 Å². The van der Waals surface area contributed by atoms with Gasteiger partial charge in [0.1, 0.15) is 6.04 Å². The van der Waals surface area contributed by atoms with Gasteiger partial charge < -0.3 is 9.80 Å². The molecule has 0 bridgehead atoms. The maximum absolute atomic E-state index is 13.0. The van der Waals surface area contributed by atoms with Gasteiger partial charge in [-0.2, -0.15) is 17.0 Å². The summed E-state index contributed by atoms with van der Waals surface area (Å²) >= 11 is 1.68. The normalized spacial score (nSPS) is 30.3. The van der Waals surface area contributed by atoms with Crippen LogP contribution in [0.5, 0.6) is 0 Å². The summed E-state index contributed by atoms with van der Waals surface area (Å²) in [7, 11) is -3.47. The van der Waals surface area contributed by atoms with Gasteiger partial charge in [-0.05, 0) is 13.3 Å². The van der Waals surface area contributed by atoms with E-state index in [2.05, 4.69) is 0 Å². The molecule has 3 fully saturated rings. The second-order valence-corrected chi connectivity index (χ2v) is 10.5. The summed E-state index contributed by atoms with van der Waals surface area (Å²) in [6.07, 6.45) is 1.29. The Kier molecular flexibility index (Phi) is 5.58. The van der Waals surface area contributed by atoms with Crippen LogP contribution in [-0.2, 0) is 19.8 Å². The Morgan fingerprint density at radius 2 is 1.85 bits per heavy atom. The molecule has 3 heterocycles. The molecule has 0 radical (unpaired) electrons. The van der Waals surface area contributed by atoms with Crippen molar-refractivity contribution in [1.82, 2.24) is 18.4 Å². The number of piperazine rings is 1. The van der Waals surface area contributed by atoms with E-state index in [0.717, 1.165) is 6.42 Å². The third-order valence-electron chi connectivity index (χ3n) is 5.64. The summed E-state index contributed by atoms with van der Waals surface area (Å²) in [5, 5.41) is 0. The zero-order chi connectivity index (χ0) is 19.1. The molecule has 3 saturated heterocycles. The van der Waals surface area contributed by atoms with Gasteiger partial charge in [0, 0.05) is 51.4 Å². The Balaban J connectivity index is 1.64. The summed E-state index contributed by atoms with van der Waals surface area (Å²) in [4.78, 5) is 28.4. The lowest BCUT2D eigenvalue weighted by atomic mass is 10.2. The monoisotopic (exact) mass is 404 g/mol. The SMILES string of the molecule is CCN(CC)S(=O)(=O)N1CCN(C(=O)C2CSC3(C)CCC(=O)N23)CC1. The molecule has 0 aromatic carbocycles. The van der Waals surface area contributed by atoms with Crippen LogP contribution in [-0.4, -0.2) is 94.6 Å². The van der Waals surface area contributed by atoms with Gasteiger partial charge in [0.25, 0.3) is 10.2 Å². The first-order valence-corrected chi connectivity index (χ1v) is 11.6. The van der Waals surface area contributed by atoms with E-state index in [0.29, 0.717) is 51.4 Å². The summed E-state index contributed by atoms with van der Waals surface area (Å²) in [6.45, 7) is 7.90. The number of amides is 2. The highest BCUT2D eigenvalue weighted by molar-refractivity contribution is 8.01. The molecule has 3 aliphatic rings. The topological polar surface area (TPSA) is 81.2 Å². The van der Waals surface area contributed by atoms with E-state index < -0.39 is 16.3 Å². The first-order valence-electron chi connectivity index (χ1n) is 9.24. The quantitative estimate of drug-likeness (QED) is 0.653. The third-order valence-corrected chi connectivity index (χ3v) is 9.33.